The number of aliphatic carboxylic acids is 1. The summed E-state index contributed by atoms with van der Waals surface area (Å²) in [7, 11) is 0. The minimum absolute atomic E-state index is 0.0706. The van der Waals surface area contributed by atoms with Gasteiger partial charge in [0.1, 0.15) is 0 Å². The number of rotatable bonds is 4. The molecule has 19 heavy (non-hydrogen) atoms. The van der Waals surface area contributed by atoms with Gasteiger partial charge in [-0.1, -0.05) is 31.0 Å². The minimum atomic E-state index is -0.954. The third-order valence-electron chi connectivity index (χ3n) is 3.03. The highest BCUT2D eigenvalue weighted by molar-refractivity contribution is 5.94. The summed E-state index contributed by atoms with van der Waals surface area (Å²) in [5.41, 5.74) is -0.210. The molecule has 0 radical (unpaired) electrons. The van der Waals surface area contributed by atoms with E-state index in [0.29, 0.717) is 6.42 Å². The summed E-state index contributed by atoms with van der Waals surface area (Å²) in [6.07, 6.45) is 0.439. The van der Waals surface area contributed by atoms with E-state index >= 15 is 0 Å². The van der Waals surface area contributed by atoms with Crippen LogP contribution in [0.25, 0.3) is 0 Å². The topological polar surface area (TPSA) is 66.4 Å². The van der Waals surface area contributed by atoms with Crippen LogP contribution in [-0.4, -0.2) is 23.5 Å². The minimum Gasteiger partial charge on any atom is -0.481 e. The van der Waals surface area contributed by atoms with E-state index in [1.807, 2.05) is 18.2 Å². The molecule has 1 aromatic rings. The van der Waals surface area contributed by atoms with Crippen LogP contribution in [-0.2, 0) is 9.59 Å². The fourth-order valence-electron chi connectivity index (χ4n) is 1.32. The maximum Gasteiger partial charge on any atom is 0.311 e. The molecule has 1 atom stereocenters. The van der Waals surface area contributed by atoms with Crippen molar-refractivity contribution < 1.29 is 14.7 Å². The van der Waals surface area contributed by atoms with Crippen LogP contribution in [0, 0.1) is 17.3 Å². The van der Waals surface area contributed by atoms with Gasteiger partial charge in [0.25, 0.3) is 5.91 Å². The van der Waals surface area contributed by atoms with Crippen molar-refractivity contribution in [2.24, 2.45) is 5.41 Å². The van der Waals surface area contributed by atoms with E-state index in [9.17, 15) is 9.59 Å². The summed E-state index contributed by atoms with van der Waals surface area (Å²) >= 11 is 0. The number of hydrogen-bond acceptors (Lipinski definition) is 2. The quantitative estimate of drug-likeness (QED) is 0.808. The summed E-state index contributed by atoms with van der Waals surface area (Å²) in [5.74, 6) is 3.77. The summed E-state index contributed by atoms with van der Waals surface area (Å²) < 4.78 is 0. The van der Waals surface area contributed by atoms with Crippen molar-refractivity contribution in [2.75, 3.05) is 6.54 Å². The Kier molecular flexibility index (Phi) is 5.13. The Morgan fingerprint density at radius 1 is 1.32 bits per heavy atom. The average Bonchev–Trinajstić information content (AvgIpc) is 2.43. The first kappa shape index (κ1) is 14.8. The number of amides is 1. The largest absolute Gasteiger partial charge is 0.481 e. The standard InChI is InChI=1S/C15H17NO3/c1-3-15(2,14(18)19)11-16-13(17)10-9-12-7-5-4-6-8-12/h4-8H,3,11H2,1-2H3,(H,16,17)(H,18,19). The molecule has 1 amide bonds. The lowest BCUT2D eigenvalue weighted by Gasteiger charge is -2.22. The van der Waals surface area contributed by atoms with Gasteiger partial charge in [-0.15, -0.1) is 0 Å². The molecule has 0 aliphatic carbocycles. The highest BCUT2D eigenvalue weighted by Gasteiger charge is 2.31. The van der Waals surface area contributed by atoms with Crippen LogP contribution in [0.3, 0.4) is 0 Å². The molecule has 0 aromatic heterocycles. The first-order chi connectivity index (χ1) is 8.98. The van der Waals surface area contributed by atoms with Gasteiger partial charge in [-0.2, -0.15) is 0 Å². The second-order valence-corrected chi connectivity index (χ2v) is 4.52. The lowest BCUT2D eigenvalue weighted by atomic mass is 9.88. The monoisotopic (exact) mass is 259 g/mol. The second-order valence-electron chi connectivity index (χ2n) is 4.52. The summed E-state index contributed by atoms with van der Waals surface area (Å²) in [6, 6.07) is 9.13. The van der Waals surface area contributed by atoms with Crippen LogP contribution in [0.15, 0.2) is 30.3 Å². The van der Waals surface area contributed by atoms with Crippen molar-refractivity contribution in [3.05, 3.63) is 35.9 Å². The lowest BCUT2D eigenvalue weighted by molar-refractivity contribution is -0.147. The van der Waals surface area contributed by atoms with Gasteiger partial charge in [-0.3, -0.25) is 9.59 Å². The van der Waals surface area contributed by atoms with Crippen molar-refractivity contribution in [3.8, 4) is 11.8 Å². The van der Waals surface area contributed by atoms with Gasteiger partial charge in [0, 0.05) is 18.0 Å². The number of benzene rings is 1. The van der Waals surface area contributed by atoms with Gasteiger partial charge in [0.15, 0.2) is 0 Å². The number of carbonyl (C=O) groups is 2. The molecule has 0 aliphatic heterocycles. The summed E-state index contributed by atoms with van der Waals surface area (Å²) in [5, 5.41) is 11.6. The van der Waals surface area contributed by atoms with E-state index in [2.05, 4.69) is 17.2 Å². The molecule has 0 saturated carbocycles. The Bertz CT molecular complexity index is 513. The maximum atomic E-state index is 11.5. The molecule has 0 aliphatic rings. The fraction of sp³-hybridized carbons (Fsp3) is 0.333. The average molecular weight is 259 g/mol. The zero-order valence-corrected chi connectivity index (χ0v) is 11.1. The van der Waals surface area contributed by atoms with Crippen molar-refractivity contribution in [2.45, 2.75) is 20.3 Å². The van der Waals surface area contributed by atoms with Gasteiger partial charge in [0.05, 0.1) is 5.41 Å². The number of hydrogen-bond donors (Lipinski definition) is 2. The zero-order chi connectivity index (χ0) is 14.3. The zero-order valence-electron chi connectivity index (χ0n) is 11.1. The molecule has 1 rings (SSSR count). The van der Waals surface area contributed by atoms with E-state index < -0.39 is 17.3 Å². The van der Waals surface area contributed by atoms with Crippen LogP contribution in [0.2, 0.25) is 0 Å². The van der Waals surface area contributed by atoms with Gasteiger partial charge in [0.2, 0.25) is 0 Å². The molecule has 0 saturated heterocycles. The van der Waals surface area contributed by atoms with E-state index in [1.54, 1.807) is 26.0 Å². The smallest absolute Gasteiger partial charge is 0.311 e. The molecule has 0 bridgehead atoms. The Labute approximate surface area is 112 Å². The van der Waals surface area contributed by atoms with Crippen LogP contribution in [0.1, 0.15) is 25.8 Å². The Hall–Kier alpha value is -2.28. The molecule has 1 unspecified atom stereocenters. The Morgan fingerprint density at radius 2 is 1.95 bits per heavy atom. The predicted octanol–water partition coefficient (Wildman–Crippen LogP) is 1.66. The van der Waals surface area contributed by atoms with Gasteiger partial charge in [-0.25, -0.2) is 0 Å². The van der Waals surface area contributed by atoms with Gasteiger partial charge in [-0.05, 0) is 25.5 Å². The molecule has 0 heterocycles. The summed E-state index contributed by atoms with van der Waals surface area (Å²) in [4.78, 5) is 22.6. The third-order valence-corrected chi connectivity index (χ3v) is 3.03. The molecule has 0 fully saturated rings. The number of carboxylic acid groups (broad SMARTS) is 1. The van der Waals surface area contributed by atoms with Crippen molar-refractivity contribution >= 4 is 11.9 Å². The maximum absolute atomic E-state index is 11.5. The van der Waals surface area contributed by atoms with Crippen LogP contribution in [0.4, 0.5) is 0 Å². The summed E-state index contributed by atoms with van der Waals surface area (Å²) in [6.45, 7) is 3.44. The van der Waals surface area contributed by atoms with E-state index in [4.69, 9.17) is 5.11 Å². The normalized spacial score (nSPS) is 12.7. The molecule has 2 N–H and O–H groups in total. The molecule has 0 spiro atoms. The molecule has 4 nitrogen and oxygen atoms in total. The highest BCUT2D eigenvalue weighted by Crippen LogP contribution is 2.19. The third kappa shape index (κ3) is 4.47. The molecular weight excluding hydrogens is 242 g/mol. The number of nitrogens with one attached hydrogen (secondary N) is 1. The van der Waals surface area contributed by atoms with E-state index in [1.165, 1.54) is 0 Å². The predicted molar refractivity (Wildman–Crippen MR) is 72.4 cm³/mol. The first-order valence-corrected chi connectivity index (χ1v) is 6.06. The lowest BCUT2D eigenvalue weighted by Crippen LogP contribution is -2.40. The Balaban J connectivity index is 2.58. The van der Waals surface area contributed by atoms with E-state index in [-0.39, 0.29) is 6.54 Å². The number of carboxylic acids is 1. The SMILES string of the molecule is CCC(C)(CNC(=O)C#Cc1ccccc1)C(=O)O. The first-order valence-electron chi connectivity index (χ1n) is 6.06. The highest BCUT2D eigenvalue weighted by atomic mass is 16.4. The van der Waals surface area contributed by atoms with Crippen LogP contribution >= 0.6 is 0 Å². The van der Waals surface area contributed by atoms with Crippen molar-refractivity contribution in [1.82, 2.24) is 5.32 Å². The number of carbonyl (C=O) groups excluding carboxylic acids is 1. The van der Waals surface area contributed by atoms with Crippen molar-refractivity contribution in [1.29, 1.82) is 0 Å². The van der Waals surface area contributed by atoms with Crippen LogP contribution in [0.5, 0.6) is 0 Å². The molecule has 4 heteroatoms. The van der Waals surface area contributed by atoms with Gasteiger partial charge >= 0.3 is 5.97 Å². The molecular formula is C15H17NO3. The van der Waals surface area contributed by atoms with E-state index in [0.717, 1.165) is 5.56 Å². The fourth-order valence-corrected chi connectivity index (χ4v) is 1.32. The molecule has 1 aromatic carbocycles. The Morgan fingerprint density at radius 3 is 2.47 bits per heavy atom. The second kappa shape index (κ2) is 6.60. The molecule has 100 valence electrons. The van der Waals surface area contributed by atoms with Crippen molar-refractivity contribution in [3.63, 3.8) is 0 Å². The van der Waals surface area contributed by atoms with Gasteiger partial charge < -0.3 is 10.4 Å². The van der Waals surface area contributed by atoms with Crippen LogP contribution < -0.4 is 5.32 Å².